The van der Waals surface area contributed by atoms with Gasteiger partial charge in [-0.3, -0.25) is 9.89 Å². The monoisotopic (exact) mass is 444 g/mol. The van der Waals surface area contributed by atoms with Crippen molar-refractivity contribution in [2.24, 2.45) is 0 Å². The Hall–Kier alpha value is -2.31. The molecule has 0 unspecified atom stereocenters. The molecule has 0 bridgehead atoms. The van der Waals surface area contributed by atoms with Gasteiger partial charge in [0.05, 0.1) is 5.69 Å². The number of piperazine rings is 1. The number of nitrogens with zero attached hydrogens (tertiary/aromatic N) is 3. The van der Waals surface area contributed by atoms with Crippen molar-refractivity contribution in [3.05, 3.63) is 69.8 Å². The molecule has 27 heavy (non-hydrogen) atoms. The molecule has 4 rings (SSSR count). The van der Waals surface area contributed by atoms with Gasteiger partial charge in [-0.15, -0.1) is 0 Å². The molecule has 1 amide bonds. The van der Waals surface area contributed by atoms with Gasteiger partial charge >= 0.3 is 0 Å². The van der Waals surface area contributed by atoms with Gasteiger partial charge in [-0.2, -0.15) is 5.10 Å². The molecule has 0 radical (unpaired) electrons. The number of aromatic amines is 1. The van der Waals surface area contributed by atoms with E-state index in [0.717, 1.165) is 39.5 Å². The van der Waals surface area contributed by atoms with Crippen LogP contribution in [-0.4, -0.2) is 47.2 Å². The van der Waals surface area contributed by atoms with E-state index in [2.05, 4.69) is 31.0 Å². The molecule has 3 aromatic rings. The number of hydrogen-bond acceptors (Lipinski definition) is 3. The quantitative estimate of drug-likeness (QED) is 0.648. The van der Waals surface area contributed by atoms with Gasteiger partial charge in [0.25, 0.3) is 5.91 Å². The number of rotatable bonds is 3. The molecule has 1 aliphatic heterocycles. The summed E-state index contributed by atoms with van der Waals surface area (Å²) in [6.07, 6.45) is 0. The number of nitrogens with one attached hydrogen (secondary N) is 1. The molecule has 0 spiro atoms. The first kappa shape index (κ1) is 18.1. The number of anilines is 1. The summed E-state index contributed by atoms with van der Waals surface area (Å²) in [5.41, 5.74) is 3.39. The normalized spacial score (nSPS) is 14.4. The molecule has 2 aromatic carbocycles. The molecule has 0 atom stereocenters. The molecule has 138 valence electrons. The van der Waals surface area contributed by atoms with Crippen LogP contribution in [0.5, 0.6) is 0 Å². The Morgan fingerprint density at radius 1 is 1.00 bits per heavy atom. The number of carbonyl (C=O) groups is 1. The average Bonchev–Trinajstić information content (AvgIpc) is 3.19. The molecular weight excluding hydrogens is 428 g/mol. The number of carbonyl (C=O) groups excluding carboxylic acids is 1. The van der Waals surface area contributed by atoms with Crippen LogP contribution in [0.4, 0.5) is 5.69 Å². The Labute approximate surface area is 171 Å². The number of halogens is 2. The number of aromatic nitrogens is 2. The number of H-pyrrole nitrogens is 1. The summed E-state index contributed by atoms with van der Waals surface area (Å²) in [5.74, 6) is -0.0124. The molecular formula is C20H18BrClN4O. The summed E-state index contributed by atoms with van der Waals surface area (Å²) in [6.45, 7) is 2.93. The molecule has 7 heteroatoms. The van der Waals surface area contributed by atoms with E-state index in [0.29, 0.717) is 18.8 Å². The van der Waals surface area contributed by atoms with Crippen molar-refractivity contribution in [2.45, 2.75) is 0 Å². The fraction of sp³-hybridized carbons (Fsp3) is 0.200. The molecule has 2 heterocycles. The first-order valence-corrected chi connectivity index (χ1v) is 9.88. The van der Waals surface area contributed by atoms with Gasteiger partial charge in [0, 0.05) is 46.9 Å². The third-order valence-corrected chi connectivity index (χ3v) is 5.49. The SMILES string of the molecule is O=C(c1cc(-c2ccc(Br)cc2)n[nH]1)N1CCN(c2ccc(Cl)cc2)CC1. The maximum atomic E-state index is 12.8. The third-order valence-electron chi connectivity index (χ3n) is 4.71. The predicted octanol–water partition coefficient (Wildman–Crippen LogP) is 4.46. The zero-order valence-corrected chi connectivity index (χ0v) is 16.9. The highest BCUT2D eigenvalue weighted by Crippen LogP contribution is 2.22. The lowest BCUT2D eigenvalue weighted by atomic mass is 10.1. The maximum absolute atomic E-state index is 12.8. The van der Waals surface area contributed by atoms with Crippen LogP contribution in [-0.2, 0) is 0 Å². The van der Waals surface area contributed by atoms with E-state index in [1.54, 1.807) is 0 Å². The lowest BCUT2D eigenvalue weighted by molar-refractivity contribution is 0.0741. The Balaban J connectivity index is 1.41. The average molecular weight is 446 g/mol. The summed E-state index contributed by atoms with van der Waals surface area (Å²) in [7, 11) is 0. The molecule has 0 aliphatic carbocycles. The smallest absolute Gasteiger partial charge is 0.272 e. The fourth-order valence-corrected chi connectivity index (χ4v) is 3.58. The highest BCUT2D eigenvalue weighted by molar-refractivity contribution is 9.10. The minimum atomic E-state index is -0.0124. The summed E-state index contributed by atoms with van der Waals surface area (Å²) < 4.78 is 1.01. The van der Waals surface area contributed by atoms with Crippen molar-refractivity contribution in [1.29, 1.82) is 0 Å². The van der Waals surface area contributed by atoms with Crippen LogP contribution >= 0.6 is 27.5 Å². The van der Waals surface area contributed by atoms with Crippen LogP contribution in [0.3, 0.4) is 0 Å². The van der Waals surface area contributed by atoms with Gasteiger partial charge in [-0.25, -0.2) is 0 Å². The van der Waals surface area contributed by atoms with Crippen molar-refractivity contribution < 1.29 is 4.79 Å². The van der Waals surface area contributed by atoms with E-state index in [1.165, 1.54) is 0 Å². The summed E-state index contributed by atoms with van der Waals surface area (Å²) in [4.78, 5) is 16.9. The predicted molar refractivity (Wildman–Crippen MR) is 111 cm³/mol. The van der Waals surface area contributed by atoms with Crippen molar-refractivity contribution >= 4 is 39.1 Å². The maximum Gasteiger partial charge on any atom is 0.272 e. The van der Waals surface area contributed by atoms with E-state index < -0.39 is 0 Å². The number of benzene rings is 2. The summed E-state index contributed by atoms with van der Waals surface area (Å²) in [6, 6.07) is 17.5. The van der Waals surface area contributed by atoms with Gasteiger partial charge in [-0.1, -0.05) is 39.7 Å². The molecule has 1 saturated heterocycles. The van der Waals surface area contributed by atoms with Gasteiger partial charge < -0.3 is 9.80 Å². The summed E-state index contributed by atoms with van der Waals surface area (Å²) in [5, 5.41) is 7.91. The second-order valence-electron chi connectivity index (χ2n) is 6.43. The van der Waals surface area contributed by atoms with Crippen LogP contribution in [0.25, 0.3) is 11.3 Å². The largest absolute Gasteiger partial charge is 0.368 e. The molecule has 5 nitrogen and oxygen atoms in total. The van der Waals surface area contributed by atoms with Gasteiger partial charge in [0.2, 0.25) is 0 Å². The topological polar surface area (TPSA) is 52.2 Å². The Morgan fingerprint density at radius 2 is 1.67 bits per heavy atom. The number of hydrogen-bond donors (Lipinski definition) is 1. The molecule has 1 aromatic heterocycles. The van der Waals surface area contributed by atoms with Crippen LogP contribution in [0.15, 0.2) is 59.1 Å². The van der Waals surface area contributed by atoms with Crippen molar-refractivity contribution in [2.75, 3.05) is 31.1 Å². The minimum absolute atomic E-state index is 0.0124. The van der Waals surface area contributed by atoms with Crippen molar-refractivity contribution in [3.8, 4) is 11.3 Å². The van der Waals surface area contributed by atoms with Crippen LogP contribution in [0.2, 0.25) is 5.02 Å². The third kappa shape index (κ3) is 4.01. The van der Waals surface area contributed by atoms with Crippen molar-refractivity contribution in [3.63, 3.8) is 0 Å². The van der Waals surface area contributed by atoms with Crippen LogP contribution < -0.4 is 4.90 Å². The first-order chi connectivity index (χ1) is 13.1. The highest BCUT2D eigenvalue weighted by Gasteiger charge is 2.23. The Morgan fingerprint density at radius 3 is 2.33 bits per heavy atom. The Bertz CT molecular complexity index is 931. The lowest BCUT2D eigenvalue weighted by Crippen LogP contribution is -2.48. The molecule has 1 N–H and O–H groups in total. The summed E-state index contributed by atoms with van der Waals surface area (Å²) >= 11 is 9.38. The molecule has 0 saturated carbocycles. The molecule has 1 aliphatic rings. The van der Waals surface area contributed by atoms with Crippen LogP contribution in [0, 0.1) is 0 Å². The van der Waals surface area contributed by atoms with Gasteiger partial charge in [0.1, 0.15) is 5.69 Å². The second kappa shape index (κ2) is 7.74. The van der Waals surface area contributed by atoms with E-state index in [-0.39, 0.29) is 5.91 Å². The zero-order chi connectivity index (χ0) is 18.8. The van der Waals surface area contributed by atoms with E-state index in [1.807, 2.05) is 59.5 Å². The minimum Gasteiger partial charge on any atom is -0.368 e. The fourth-order valence-electron chi connectivity index (χ4n) is 3.19. The first-order valence-electron chi connectivity index (χ1n) is 8.71. The number of amides is 1. The van der Waals surface area contributed by atoms with Crippen LogP contribution in [0.1, 0.15) is 10.5 Å². The van der Waals surface area contributed by atoms with E-state index in [4.69, 9.17) is 11.6 Å². The lowest BCUT2D eigenvalue weighted by Gasteiger charge is -2.35. The Kier molecular flexibility index (Phi) is 5.18. The van der Waals surface area contributed by atoms with Gasteiger partial charge in [-0.05, 0) is 42.5 Å². The zero-order valence-electron chi connectivity index (χ0n) is 14.5. The van der Waals surface area contributed by atoms with E-state index >= 15 is 0 Å². The second-order valence-corrected chi connectivity index (χ2v) is 7.78. The standard InChI is InChI=1S/C20H18BrClN4O/c21-15-3-1-14(2-4-15)18-13-19(24-23-18)20(27)26-11-9-25(10-12-26)17-7-5-16(22)6-8-17/h1-8,13H,9-12H2,(H,23,24). The molecule has 1 fully saturated rings. The highest BCUT2D eigenvalue weighted by atomic mass is 79.9. The van der Waals surface area contributed by atoms with Crippen molar-refractivity contribution in [1.82, 2.24) is 15.1 Å². The van der Waals surface area contributed by atoms with E-state index in [9.17, 15) is 4.79 Å². The van der Waals surface area contributed by atoms with Gasteiger partial charge in [0.15, 0.2) is 0 Å².